The van der Waals surface area contributed by atoms with Gasteiger partial charge in [-0.3, -0.25) is 0 Å². The lowest BCUT2D eigenvalue weighted by atomic mass is 9.95. The van der Waals surface area contributed by atoms with Crippen LogP contribution >= 0.6 is 0 Å². The molecule has 1 heterocycles. The number of H-pyrrole nitrogens is 1. The van der Waals surface area contributed by atoms with Crippen molar-refractivity contribution in [3.63, 3.8) is 0 Å². The van der Waals surface area contributed by atoms with Crippen LogP contribution < -0.4 is 0 Å². The van der Waals surface area contributed by atoms with Gasteiger partial charge in [0, 0.05) is 11.9 Å². The third-order valence-electron chi connectivity index (χ3n) is 2.18. The molecule has 1 aromatic rings. The summed E-state index contributed by atoms with van der Waals surface area (Å²) in [6.45, 7) is 10.2. The van der Waals surface area contributed by atoms with Gasteiger partial charge < -0.3 is 4.98 Å². The van der Waals surface area contributed by atoms with E-state index in [0.29, 0.717) is 5.92 Å². The standard InChI is InChI=1S/C12H17N/c1-5-6-11(9(2)3)12-7-8-13-10(12)4/h5-9,13H,1H2,2-4H3/b11-6-. The maximum absolute atomic E-state index is 3.74. The van der Waals surface area contributed by atoms with E-state index in [1.807, 2.05) is 12.3 Å². The topological polar surface area (TPSA) is 15.8 Å². The Labute approximate surface area is 80.2 Å². The molecule has 0 radical (unpaired) electrons. The second kappa shape index (κ2) is 4.13. The van der Waals surface area contributed by atoms with Crippen molar-refractivity contribution in [2.45, 2.75) is 20.8 Å². The summed E-state index contributed by atoms with van der Waals surface area (Å²) in [5.74, 6) is 0.535. The number of nitrogens with one attached hydrogen (secondary N) is 1. The molecule has 0 aliphatic rings. The summed E-state index contributed by atoms with van der Waals surface area (Å²) < 4.78 is 0. The number of aromatic amines is 1. The van der Waals surface area contributed by atoms with Crippen LogP contribution in [0.4, 0.5) is 0 Å². The average molecular weight is 175 g/mol. The lowest BCUT2D eigenvalue weighted by Crippen LogP contribution is -1.93. The number of rotatable bonds is 3. The zero-order valence-electron chi connectivity index (χ0n) is 8.59. The molecule has 1 nitrogen and oxygen atoms in total. The van der Waals surface area contributed by atoms with E-state index >= 15 is 0 Å². The minimum absolute atomic E-state index is 0.535. The highest BCUT2D eigenvalue weighted by molar-refractivity contribution is 5.69. The molecule has 0 aromatic carbocycles. The largest absolute Gasteiger partial charge is 0.365 e. The summed E-state index contributed by atoms with van der Waals surface area (Å²) >= 11 is 0. The fourth-order valence-corrected chi connectivity index (χ4v) is 1.49. The van der Waals surface area contributed by atoms with E-state index in [4.69, 9.17) is 0 Å². The Morgan fingerprint density at radius 1 is 1.54 bits per heavy atom. The van der Waals surface area contributed by atoms with Crippen LogP contribution in [0.2, 0.25) is 0 Å². The quantitative estimate of drug-likeness (QED) is 0.676. The molecule has 1 heteroatoms. The van der Waals surface area contributed by atoms with Crippen LogP contribution in [0.1, 0.15) is 25.1 Å². The summed E-state index contributed by atoms with van der Waals surface area (Å²) in [4.78, 5) is 3.19. The molecule has 0 fully saturated rings. The maximum atomic E-state index is 3.74. The molecule has 0 spiro atoms. The monoisotopic (exact) mass is 175 g/mol. The lowest BCUT2D eigenvalue weighted by Gasteiger charge is -2.10. The SMILES string of the molecule is C=C/C=C(\c1cc[nH]c1C)C(C)C. The first-order valence-electron chi connectivity index (χ1n) is 4.63. The Kier molecular flexibility index (Phi) is 3.13. The Balaban J connectivity index is 3.09. The van der Waals surface area contributed by atoms with Gasteiger partial charge in [-0.15, -0.1) is 0 Å². The highest BCUT2D eigenvalue weighted by atomic mass is 14.7. The molecular weight excluding hydrogens is 158 g/mol. The van der Waals surface area contributed by atoms with Crippen LogP contribution in [0, 0.1) is 12.8 Å². The average Bonchev–Trinajstić information content (AvgIpc) is 2.47. The van der Waals surface area contributed by atoms with Crippen molar-refractivity contribution in [1.82, 2.24) is 4.98 Å². The van der Waals surface area contributed by atoms with Gasteiger partial charge >= 0.3 is 0 Å². The predicted octanol–water partition coefficient (Wildman–Crippen LogP) is 3.55. The van der Waals surface area contributed by atoms with E-state index in [9.17, 15) is 0 Å². The number of hydrogen-bond donors (Lipinski definition) is 1. The molecule has 0 aliphatic carbocycles. The molecular formula is C12H17N. The zero-order chi connectivity index (χ0) is 9.84. The number of aromatic nitrogens is 1. The number of aryl methyl sites for hydroxylation is 1. The molecule has 0 saturated heterocycles. The van der Waals surface area contributed by atoms with Crippen molar-refractivity contribution in [3.05, 3.63) is 42.3 Å². The van der Waals surface area contributed by atoms with Crippen LogP contribution in [-0.4, -0.2) is 4.98 Å². The van der Waals surface area contributed by atoms with E-state index in [-0.39, 0.29) is 0 Å². The summed E-state index contributed by atoms with van der Waals surface area (Å²) in [5, 5.41) is 0. The molecule has 1 aromatic heterocycles. The molecule has 1 N–H and O–H groups in total. The van der Waals surface area contributed by atoms with E-state index in [1.165, 1.54) is 16.8 Å². The normalized spacial score (nSPS) is 12.2. The summed E-state index contributed by atoms with van der Waals surface area (Å²) in [6, 6.07) is 2.12. The van der Waals surface area contributed by atoms with Crippen LogP contribution in [-0.2, 0) is 0 Å². The smallest absolute Gasteiger partial charge is 0.0192 e. The molecule has 0 bridgehead atoms. The first-order chi connectivity index (χ1) is 6.16. The van der Waals surface area contributed by atoms with Gasteiger partial charge in [0.25, 0.3) is 0 Å². The van der Waals surface area contributed by atoms with Gasteiger partial charge in [-0.2, -0.15) is 0 Å². The Bertz CT molecular complexity index is 316. The first-order valence-corrected chi connectivity index (χ1v) is 4.63. The van der Waals surface area contributed by atoms with Crippen molar-refractivity contribution in [1.29, 1.82) is 0 Å². The van der Waals surface area contributed by atoms with Gasteiger partial charge in [0.1, 0.15) is 0 Å². The third-order valence-corrected chi connectivity index (χ3v) is 2.18. The van der Waals surface area contributed by atoms with E-state index in [1.54, 1.807) is 0 Å². The molecule has 0 aliphatic heterocycles. The third kappa shape index (κ3) is 2.11. The molecule has 0 atom stereocenters. The molecule has 1 rings (SSSR count). The Morgan fingerprint density at radius 3 is 2.62 bits per heavy atom. The van der Waals surface area contributed by atoms with Crippen LogP contribution in [0.5, 0.6) is 0 Å². The lowest BCUT2D eigenvalue weighted by molar-refractivity contribution is 0.854. The van der Waals surface area contributed by atoms with Gasteiger partial charge in [-0.1, -0.05) is 32.6 Å². The van der Waals surface area contributed by atoms with Crippen molar-refractivity contribution >= 4 is 5.57 Å². The van der Waals surface area contributed by atoms with Gasteiger partial charge in [0.15, 0.2) is 0 Å². The summed E-state index contributed by atoms with van der Waals surface area (Å²) in [6.07, 6.45) is 5.91. The first kappa shape index (κ1) is 9.85. The minimum Gasteiger partial charge on any atom is -0.365 e. The highest BCUT2D eigenvalue weighted by Crippen LogP contribution is 2.25. The molecule has 70 valence electrons. The van der Waals surface area contributed by atoms with Gasteiger partial charge in [-0.25, -0.2) is 0 Å². The minimum atomic E-state index is 0.535. The molecule has 0 unspecified atom stereocenters. The van der Waals surface area contributed by atoms with Crippen molar-refractivity contribution in [2.24, 2.45) is 5.92 Å². The second-order valence-electron chi connectivity index (χ2n) is 3.53. The van der Waals surface area contributed by atoms with E-state index < -0.39 is 0 Å². The number of hydrogen-bond acceptors (Lipinski definition) is 0. The maximum Gasteiger partial charge on any atom is 0.0192 e. The van der Waals surface area contributed by atoms with Gasteiger partial charge in [-0.05, 0) is 30.0 Å². The van der Waals surface area contributed by atoms with E-state index in [0.717, 1.165) is 0 Å². The fraction of sp³-hybridized carbons (Fsp3) is 0.333. The molecule has 0 saturated carbocycles. The second-order valence-corrected chi connectivity index (χ2v) is 3.53. The van der Waals surface area contributed by atoms with E-state index in [2.05, 4.69) is 44.5 Å². The zero-order valence-corrected chi connectivity index (χ0v) is 8.59. The Morgan fingerprint density at radius 2 is 2.23 bits per heavy atom. The molecule has 0 amide bonds. The fourth-order valence-electron chi connectivity index (χ4n) is 1.49. The van der Waals surface area contributed by atoms with Crippen molar-refractivity contribution < 1.29 is 0 Å². The van der Waals surface area contributed by atoms with Crippen molar-refractivity contribution in [3.8, 4) is 0 Å². The highest BCUT2D eigenvalue weighted by Gasteiger charge is 2.08. The van der Waals surface area contributed by atoms with Gasteiger partial charge in [0.2, 0.25) is 0 Å². The van der Waals surface area contributed by atoms with Crippen LogP contribution in [0.25, 0.3) is 5.57 Å². The van der Waals surface area contributed by atoms with Crippen LogP contribution in [0.15, 0.2) is 31.0 Å². The predicted molar refractivity (Wildman–Crippen MR) is 58.5 cm³/mol. The van der Waals surface area contributed by atoms with Crippen molar-refractivity contribution in [2.75, 3.05) is 0 Å². The Hall–Kier alpha value is -1.24. The summed E-state index contributed by atoms with van der Waals surface area (Å²) in [7, 11) is 0. The number of allylic oxidation sites excluding steroid dienone is 3. The molecule has 13 heavy (non-hydrogen) atoms. The van der Waals surface area contributed by atoms with Crippen LogP contribution in [0.3, 0.4) is 0 Å². The van der Waals surface area contributed by atoms with Gasteiger partial charge in [0.05, 0.1) is 0 Å². The summed E-state index contributed by atoms with van der Waals surface area (Å²) in [5.41, 5.74) is 3.87.